The third-order valence-corrected chi connectivity index (χ3v) is 6.12. The molecule has 0 fully saturated rings. The first-order valence-electron chi connectivity index (χ1n) is 10.0. The molecule has 0 aliphatic rings. The van der Waals surface area contributed by atoms with E-state index in [9.17, 15) is 13.2 Å². The number of sulfonamides is 1. The summed E-state index contributed by atoms with van der Waals surface area (Å²) >= 11 is 0. The Bertz CT molecular complexity index is 1320. The zero-order valence-corrected chi connectivity index (χ0v) is 18.2. The number of rotatable bonds is 7. The highest BCUT2D eigenvalue weighted by molar-refractivity contribution is 7.92. The predicted molar refractivity (Wildman–Crippen MR) is 127 cm³/mol. The summed E-state index contributed by atoms with van der Waals surface area (Å²) < 4.78 is 27.4. The van der Waals surface area contributed by atoms with Gasteiger partial charge >= 0.3 is 0 Å². The van der Waals surface area contributed by atoms with E-state index < -0.39 is 15.9 Å². The van der Waals surface area contributed by atoms with Gasteiger partial charge in [-0.15, -0.1) is 0 Å². The molecule has 2 N–H and O–H groups in total. The van der Waals surface area contributed by atoms with Crippen molar-refractivity contribution in [2.24, 2.45) is 5.10 Å². The minimum absolute atomic E-state index is 0.158. The Morgan fingerprint density at radius 3 is 1.91 bits per heavy atom. The summed E-state index contributed by atoms with van der Waals surface area (Å²) in [6.45, 7) is 0. The lowest BCUT2D eigenvalue weighted by Crippen LogP contribution is -2.20. The summed E-state index contributed by atoms with van der Waals surface area (Å²) in [5.74, 6) is -0.421. The molecule has 1 amide bonds. The van der Waals surface area contributed by atoms with Gasteiger partial charge < -0.3 is 0 Å². The Kier molecular flexibility index (Phi) is 6.56. The van der Waals surface area contributed by atoms with Crippen molar-refractivity contribution < 1.29 is 13.2 Å². The minimum atomic E-state index is -3.71. The summed E-state index contributed by atoms with van der Waals surface area (Å²) in [5.41, 5.74) is 5.51. The summed E-state index contributed by atoms with van der Waals surface area (Å²) in [5, 5.41) is 4.34. The van der Waals surface area contributed by atoms with Gasteiger partial charge in [-0.25, -0.2) is 13.8 Å². The van der Waals surface area contributed by atoms with Gasteiger partial charge in [0.1, 0.15) is 0 Å². The molecule has 164 valence electrons. The lowest BCUT2D eigenvalue weighted by Gasteiger charge is -2.09. The molecule has 0 saturated carbocycles. The lowest BCUT2D eigenvalue weighted by molar-refractivity contribution is 0.0955. The highest BCUT2D eigenvalue weighted by atomic mass is 32.2. The molecule has 0 bridgehead atoms. The van der Waals surface area contributed by atoms with Gasteiger partial charge in [0.2, 0.25) is 0 Å². The molecule has 0 aliphatic heterocycles. The molecule has 0 saturated heterocycles. The van der Waals surface area contributed by atoms with Crippen LogP contribution in [0.3, 0.4) is 0 Å². The smallest absolute Gasteiger partial charge is 0.271 e. The number of nitrogens with one attached hydrogen (secondary N) is 2. The second-order valence-electron chi connectivity index (χ2n) is 7.00. The van der Waals surface area contributed by atoms with Gasteiger partial charge in [0, 0.05) is 34.8 Å². The molecule has 0 spiro atoms. The van der Waals surface area contributed by atoms with Gasteiger partial charge in [0.15, 0.2) is 0 Å². The van der Waals surface area contributed by atoms with Crippen molar-refractivity contribution >= 4 is 27.3 Å². The minimum Gasteiger partial charge on any atom is -0.280 e. The summed E-state index contributed by atoms with van der Waals surface area (Å²) in [6.07, 6.45) is 3.32. The first-order valence-corrected chi connectivity index (χ1v) is 11.5. The Balaban J connectivity index is 1.50. The fourth-order valence-electron chi connectivity index (χ4n) is 3.08. The van der Waals surface area contributed by atoms with Crippen LogP contribution in [-0.4, -0.2) is 25.0 Å². The maximum absolute atomic E-state index is 12.7. The number of benzene rings is 3. The number of amides is 1. The van der Waals surface area contributed by atoms with Crippen molar-refractivity contribution in [3.63, 3.8) is 0 Å². The number of nitrogens with zero attached hydrogens (tertiary/aromatic N) is 2. The van der Waals surface area contributed by atoms with Crippen molar-refractivity contribution in [3.05, 3.63) is 126 Å². The molecule has 8 heteroatoms. The van der Waals surface area contributed by atoms with E-state index >= 15 is 0 Å². The molecule has 7 nitrogen and oxygen atoms in total. The van der Waals surface area contributed by atoms with E-state index in [4.69, 9.17) is 0 Å². The van der Waals surface area contributed by atoms with Crippen molar-refractivity contribution in [3.8, 4) is 0 Å². The van der Waals surface area contributed by atoms with Gasteiger partial charge in [-0.2, -0.15) is 5.10 Å². The summed E-state index contributed by atoms with van der Waals surface area (Å²) in [4.78, 5) is 16.8. The van der Waals surface area contributed by atoms with Crippen LogP contribution in [0.5, 0.6) is 0 Å². The predicted octanol–water partition coefficient (Wildman–Crippen LogP) is 4.06. The number of anilines is 1. The van der Waals surface area contributed by atoms with Crippen LogP contribution in [0.1, 0.15) is 21.5 Å². The average molecular weight is 457 g/mol. The van der Waals surface area contributed by atoms with Crippen LogP contribution in [0.2, 0.25) is 0 Å². The fourth-order valence-corrected chi connectivity index (χ4v) is 4.16. The Morgan fingerprint density at radius 1 is 0.697 bits per heavy atom. The van der Waals surface area contributed by atoms with Crippen LogP contribution in [0.25, 0.3) is 0 Å². The zero-order valence-electron chi connectivity index (χ0n) is 17.4. The number of carbonyl (C=O) groups is 1. The molecule has 0 aliphatic carbocycles. The number of hydrogen-bond donors (Lipinski definition) is 2. The quantitative estimate of drug-likeness (QED) is 0.323. The Labute approximate surface area is 191 Å². The largest absolute Gasteiger partial charge is 0.280 e. The zero-order chi connectivity index (χ0) is 23.1. The third-order valence-electron chi connectivity index (χ3n) is 4.72. The molecular formula is C25H20N4O3S. The average Bonchev–Trinajstić information content (AvgIpc) is 2.86. The number of carbonyl (C=O) groups excluding carboxylic acids is 1. The van der Waals surface area contributed by atoms with Crippen molar-refractivity contribution in [2.45, 2.75) is 4.90 Å². The van der Waals surface area contributed by atoms with E-state index in [0.717, 1.165) is 11.1 Å². The number of hydrazone groups is 1. The van der Waals surface area contributed by atoms with Crippen LogP contribution < -0.4 is 10.1 Å². The highest BCUT2D eigenvalue weighted by Crippen LogP contribution is 2.17. The van der Waals surface area contributed by atoms with Crippen molar-refractivity contribution in [2.75, 3.05) is 4.72 Å². The monoisotopic (exact) mass is 456 g/mol. The van der Waals surface area contributed by atoms with E-state index in [0.29, 0.717) is 17.0 Å². The van der Waals surface area contributed by atoms with Gasteiger partial charge in [-0.05, 0) is 48.5 Å². The maximum atomic E-state index is 12.7. The Morgan fingerprint density at radius 2 is 1.27 bits per heavy atom. The van der Waals surface area contributed by atoms with Gasteiger partial charge in [-0.1, -0.05) is 48.5 Å². The molecule has 4 aromatic rings. The van der Waals surface area contributed by atoms with Crippen molar-refractivity contribution in [1.82, 2.24) is 10.4 Å². The van der Waals surface area contributed by atoms with Crippen LogP contribution in [0, 0.1) is 0 Å². The highest BCUT2D eigenvalue weighted by Gasteiger charge is 2.14. The standard InChI is InChI=1S/C25H20N4O3S/c30-25(28-27-24(19-7-3-1-4-8-19)20-15-17-26-18-16-20)21-11-13-22(14-12-21)29-33(31,32)23-9-5-2-6-10-23/h1-18,29H,(H,28,30). The molecule has 4 rings (SSSR count). The molecule has 0 radical (unpaired) electrons. The molecule has 1 heterocycles. The van der Waals surface area contributed by atoms with E-state index in [2.05, 4.69) is 20.2 Å². The van der Waals surface area contributed by atoms with Gasteiger partial charge in [0.25, 0.3) is 15.9 Å². The van der Waals surface area contributed by atoms with E-state index in [1.165, 1.54) is 36.4 Å². The molecule has 0 unspecified atom stereocenters. The first kappa shape index (κ1) is 21.9. The van der Waals surface area contributed by atoms with E-state index in [1.54, 1.807) is 30.6 Å². The first-order chi connectivity index (χ1) is 16.0. The van der Waals surface area contributed by atoms with E-state index in [-0.39, 0.29) is 4.90 Å². The normalized spacial score (nSPS) is 11.6. The summed E-state index contributed by atoms with van der Waals surface area (Å²) in [7, 11) is -3.71. The molecule has 3 aromatic carbocycles. The van der Waals surface area contributed by atoms with Crippen LogP contribution in [0.4, 0.5) is 5.69 Å². The Hall–Kier alpha value is -4.30. The van der Waals surface area contributed by atoms with Gasteiger partial charge in [0.05, 0.1) is 10.6 Å². The van der Waals surface area contributed by atoms with Crippen LogP contribution in [0.15, 0.2) is 119 Å². The van der Waals surface area contributed by atoms with Crippen LogP contribution >= 0.6 is 0 Å². The lowest BCUT2D eigenvalue weighted by atomic mass is 10.0. The molecular weight excluding hydrogens is 436 g/mol. The number of aromatic nitrogens is 1. The van der Waals surface area contributed by atoms with Crippen LogP contribution in [-0.2, 0) is 10.0 Å². The summed E-state index contributed by atoms with van der Waals surface area (Å²) in [6, 6.07) is 27.3. The second kappa shape index (κ2) is 9.88. The number of pyridine rings is 1. The second-order valence-corrected chi connectivity index (χ2v) is 8.68. The van der Waals surface area contributed by atoms with E-state index in [1.807, 2.05) is 42.5 Å². The molecule has 33 heavy (non-hydrogen) atoms. The fraction of sp³-hybridized carbons (Fsp3) is 0. The SMILES string of the molecule is O=C(NN=C(c1ccccc1)c1ccncc1)c1ccc(NS(=O)(=O)c2ccccc2)cc1. The number of hydrogen-bond acceptors (Lipinski definition) is 5. The maximum Gasteiger partial charge on any atom is 0.271 e. The van der Waals surface area contributed by atoms with Gasteiger partial charge in [-0.3, -0.25) is 14.5 Å². The molecule has 0 atom stereocenters. The topological polar surface area (TPSA) is 101 Å². The van der Waals surface area contributed by atoms with Crippen molar-refractivity contribution in [1.29, 1.82) is 0 Å². The molecule has 1 aromatic heterocycles. The third kappa shape index (κ3) is 5.50.